The minimum absolute atomic E-state index is 0.0258. The van der Waals surface area contributed by atoms with Crippen LogP contribution in [-0.4, -0.2) is 329 Å². The minimum Gasteiger partial charge on any atom is -0.512 e. The number of unbranched alkanes of at least 4 members (excludes halogenated alkanes) is 3. The number of nitrogens with two attached hydrogens (primary N) is 1. The van der Waals surface area contributed by atoms with Crippen molar-refractivity contribution in [1.29, 1.82) is 0 Å². The number of thioether (sulfide) groups is 3. The smallest absolute Gasteiger partial charge is 0.327 e. The van der Waals surface area contributed by atoms with Crippen LogP contribution in [0.25, 0.3) is 0 Å². The van der Waals surface area contributed by atoms with Gasteiger partial charge >= 0.3 is 17.9 Å². The number of hydrogen-bond acceptors (Lipinski definition) is 25. The standard InChI is InChI=1S/C83H128N14O22S3/c1-5-6-8-22-72(104)88-64-52-121-50-60-42-59(49-120-41-30-87-71(103)26-25-70(102)86-29-16-36-118-38-40-119-39-37-117-35-15-28-85-69(101)21-11-12-27-83(93(4)47-73(105)106)54-94(46-56(2)98)33-34-95(55-83)48-74(107)108)43-61(44-60)51-122-53-65(82(115)116)91-77(110)63(45-58-17-9-7-10-18-58)90-76(109)62(23-24-68(84)100)89-79(112)75(57(3)99)92-78(111)66-19-13-31-96(66)81(114)67-20-14-32-97(67)80(64)113/h7,9-10,17-18,42-44,57,62-67,75,98-99H,2,5-6,8,11-16,19-41,45-55H2,1,3-4H3,(H2,84,100)(H,85,101)(H,86,102)(H,87,103)(H,88,104)(H,89,112)(H,90,109)(H,91,110)(H,92,111)(H,105,106)(H,107,108)(H,115,116)/t57-,62+,63+,64+,65?,66+,67+,75+,83?/m1/s1. The molecule has 6 rings (SSSR count). The van der Waals surface area contributed by atoms with Gasteiger partial charge in [0.25, 0.3) is 0 Å². The third-order valence-electron chi connectivity index (χ3n) is 21.2. The highest BCUT2D eigenvalue weighted by Gasteiger charge is 2.46. The maximum atomic E-state index is 14.9. The monoisotopic (exact) mass is 1770 g/mol. The predicted octanol–water partition coefficient (Wildman–Crippen LogP) is 1.41. The van der Waals surface area contributed by atoms with Crippen molar-refractivity contribution in [3.8, 4) is 0 Å². The number of aliphatic hydroxyl groups is 2. The Labute approximate surface area is 726 Å². The first kappa shape index (κ1) is 102. The molecule has 9 atom stereocenters. The fourth-order valence-electron chi connectivity index (χ4n) is 14.9. The van der Waals surface area contributed by atoms with Crippen molar-refractivity contribution in [2.24, 2.45) is 5.73 Å². The molecule has 0 radical (unpaired) electrons. The highest BCUT2D eigenvalue weighted by molar-refractivity contribution is 7.99. The van der Waals surface area contributed by atoms with Crippen LogP contribution in [0.3, 0.4) is 0 Å². The molecule has 36 nitrogen and oxygen atoms in total. The molecule has 15 N–H and O–H groups in total. The summed E-state index contributed by atoms with van der Waals surface area (Å²) in [5, 5.41) is 72.6. The summed E-state index contributed by atoms with van der Waals surface area (Å²) in [6, 6.07) is 5.03. The van der Waals surface area contributed by atoms with E-state index >= 15 is 0 Å². The minimum atomic E-state index is -1.71. The Morgan fingerprint density at radius 3 is 1.76 bits per heavy atom. The van der Waals surface area contributed by atoms with E-state index in [9.17, 15) is 92.7 Å². The van der Waals surface area contributed by atoms with Crippen LogP contribution in [-0.2, 0) is 105 Å². The molecule has 2 aromatic rings. The van der Waals surface area contributed by atoms with Gasteiger partial charge in [-0.3, -0.25) is 77.0 Å². The second kappa shape index (κ2) is 55.5. The van der Waals surface area contributed by atoms with E-state index in [1.165, 1.54) is 52.0 Å². The van der Waals surface area contributed by atoms with Crippen LogP contribution in [0.5, 0.6) is 0 Å². The highest BCUT2D eigenvalue weighted by atomic mass is 32.2. The van der Waals surface area contributed by atoms with Crippen molar-refractivity contribution in [3.63, 3.8) is 0 Å². The summed E-state index contributed by atoms with van der Waals surface area (Å²) in [6.45, 7) is 11.6. The number of primary amides is 1. The van der Waals surface area contributed by atoms with E-state index in [0.29, 0.717) is 160 Å². The molecule has 3 saturated heterocycles. The van der Waals surface area contributed by atoms with Crippen LogP contribution in [0, 0.1) is 0 Å². The summed E-state index contributed by atoms with van der Waals surface area (Å²) in [7, 11) is 1.70. The number of amides is 11. The Hall–Kier alpha value is -8.67. The summed E-state index contributed by atoms with van der Waals surface area (Å²) in [4.78, 5) is 196. The molecule has 2 unspecified atom stereocenters. The summed E-state index contributed by atoms with van der Waals surface area (Å²) < 4.78 is 16.9. The largest absolute Gasteiger partial charge is 0.512 e. The maximum absolute atomic E-state index is 14.9. The number of fused-ring (bicyclic) bond motifs is 4. The molecule has 3 fully saturated rings. The topological polar surface area (TPSA) is 506 Å². The zero-order valence-electron chi connectivity index (χ0n) is 70.6. The van der Waals surface area contributed by atoms with Gasteiger partial charge in [0.2, 0.25) is 65.0 Å². The fraction of sp³-hybridized carbons (Fsp3) is 0.663. The molecule has 2 aromatic carbocycles. The molecule has 0 saturated carbocycles. The van der Waals surface area contributed by atoms with Crippen molar-refractivity contribution in [2.45, 2.75) is 207 Å². The lowest BCUT2D eigenvalue weighted by Gasteiger charge is -2.44. The number of likely N-dealkylation sites (N-methyl/N-ethyl adjacent to an activating group) is 1. The van der Waals surface area contributed by atoms with Gasteiger partial charge in [-0.05, 0) is 100 Å². The lowest BCUT2D eigenvalue weighted by Crippen LogP contribution is -2.61. The normalized spacial score (nSPS) is 21.7. The number of aliphatic carboxylic acids is 3. The fourth-order valence-corrected chi connectivity index (χ4v) is 17.7. The molecule has 2 bridgehead atoms. The third kappa shape index (κ3) is 37.8. The highest BCUT2D eigenvalue weighted by Crippen LogP contribution is 2.31. The molecule has 4 heterocycles. The second-order valence-electron chi connectivity index (χ2n) is 31.3. The molecule has 11 amide bonds. The first-order chi connectivity index (χ1) is 58.4. The van der Waals surface area contributed by atoms with E-state index in [0.717, 1.165) is 29.5 Å². The molecular formula is C83H128N14O22S3. The molecule has 680 valence electrons. The van der Waals surface area contributed by atoms with Gasteiger partial charge in [0.05, 0.1) is 57.9 Å². The van der Waals surface area contributed by atoms with E-state index < -0.39 is 126 Å². The van der Waals surface area contributed by atoms with E-state index in [1.54, 1.807) is 47.2 Å². The predicted molar refractivity (Wildman–Crippen MR) is 460 cm³/mol. The number of hydrogen-bond donors (Lipinski definition) is 14. The molecule has 122 heavy (non-hydrogen) atoms. The molecule has 0 spiro atoms. The van der Waals surface area contributed by atoms with Gasteiger partial charge < -0.3 is 97.8 Å². The van der Waals surface area contributed by atoms with Crippen molar-refractivity contribution in [3.05, 3.63) is 83.1 Å². The zero-order chi connectivity index (χ0) is 88.9. The summed E-state index contributed by atoms with van der Waals surface area (Å²) in [6.07, 6.45) is 4.06. The number of carboxylic acids is 3. The van der Waals surface area contributed by atoms with Crippen LogP contribution >= 0.6 is 35.3 Å². The van der Waals surface area contributed by atoms with Crippen molar-refractivity contribution in [1.82, 2.24) is 67.0 Å². The van der Waals surface area contributed by atoms with Crippen molar-refractivity contribution in [2.75, 3.05) is 142 Å². The van der Waals surface area contributed by atoms with Gasteiger partial charge in [-0.15, -0.1) is 0 Å². The number of carbonyl (C=O) groups is 14. The number of nitrogens with zero attached hydrogens (tertiary/aromatic N) is 5. The van der Waals surface area contributed by atoms with E-state index in [2.05, 4.69) is 49.1 Å². The van der Waals surface area contributed by atoms with Crippen LogP contribution < -0.4 is 48.3 Å². The quantitative estimate of drug-likeness (QED) is 0.0329. The lowest BCUT2D eigenvalue weighted by atomic mass is 9.88. The maximum Gasteiger partial charge on any atom is 0.327 e. The summed E-state index contributed by atoms with van der Waals surface area (Å²) in [5.74, 6) is -8.48. The Morgan fingerprint density at radius 1 is 0.615 bits per heavy atom. The van der Waals surface area contributed by atoms with E-state index in [1.807, 2.05) is 30.0 Å². The number of carbonyl (C=O) groups excluding carboxylic acids is 11. The number of aliphatic hydroxyl groups excluding tert-OH is 2. The van der Waals surface area contributed by atoms with E-state index in [-0.39, 0.29) is 124 Å². The van der Waals surface area contributed by atoms with Gasteiger partial charge in [0.1, 0.15) is 42.3 Å². The van der Waals surface area contributed by atoms with Gasteiger partial charge in [0.15, 0.2) is 0 Å². The van der Waals surface area contributed by atoms with Gasteiger partial charge in [-0.2, -0.15) is 35.3 Å². The summed E-state index contributed by atoms with van der Waals surface area (Å²) >= 11 is 4.14. The number of nitrogens with one attached hydrogen (secondary N) is 8. The van der Waals surface area contributed by atoms with Crippen LogP contribution in [0.2, 0.25) is 0 Å². The Bertz CT molecular complexity index is 3740. The van der Waals surface area contributed by atoms with Gasteiger partial charge in [0, 0.05) is 151 Å². The third-order valence-corrected chi connectivity index (χ3v) is 24.4. The Balaban J connectivity index is 0.969. The second-order valence-corrected chi connectivity index (χ2v) is 34.5. The number of carboxylic acid groups (broad SMARTS) is 3. The number of benzene rings is 2. The van der Waals surface area contributed by atoms with Crippen LogP contribution in [0.4, 0.5) is 0 Å². The Morgan fingerprint density at radius 2 is 1.17 bits per heavy atom. The number of ether oxygens (including phenoxy) is 3. The van der Waals surface area contributed by atoms with Crippen LogP contribution in [0.1, 0.15) is 152 Å². The first-order valence-electron chi connectivity index (χ1n) is 42.1. The SMILES string of the molecule is C=C(O)CN1CCN(CC(=O)O)CC(CCCCC(=O)NCCCOCCOCCOCCCNC(=O)CCC(=O)NCCSCc2cc3cc(c2)CSC[C@H](NC(=O)CCCCC)C(=O)N2CCC[C@H]2C(=O)N2CCC[C@H]2C(=O)N[C@@H]([C@@H](C)O)C(=O)N[C@@H](CCC(N)=O)C(=O)N[C@@H](Cc2ccccc2)C(=O)NC(C(=O)O)CSC3)(N(C)CC(=O)O)C1. The zero-order valence-corrected chi connectivity index (χ0v) is 73.0. The average Bonchev–Trinajstić information content (AvgIpc) is 1.61. The molecule has 4 aliphatic rings. The molecule has 0 aromatic heterocycles. The molecule has 39 heteroatoms. The first-order valence-corrected chi connectivity index (χ1v) is 45.6. The summed E-state index contributed by atoms with van der Waals surface area (Å²) in [5.41, 5.74) is 7.83. The van der Waals surface area contributed by atoms with Gasteiger partial charge in [-0.1, -0.05) is 81.3 Å². The van der Waals surface area contributed by atoms with Crippen molar-refractivity contribution >= 4 is 118 Å². The lowest BCUT2D eigenvalue weighted by molar-refractivity contribution is -0.148. The van der Waals surface area contributed by atoms with Crippen LogP contribution in [0.15, 0.2) is 60.9 Å². The molecule has 0 aliphatic carbocycles. The molecule has 4 aliphatic heterocycles. The number of rotatable bonds is 46. The van der Waals surface area contributed by atoms with Crippen molar-refractivity contribution < 1.29 is 107 Å². The average molecular weight is 1770 g/mol. The Kier molecular flexibility index (Phi) is 46.5. The van der Waals surface area contributed by atoms with Gasteiger partial charge in [-0.25, -0.2) is 4.79 Å². The molecular weight excluding hydrogens is 1640 g/mol. The van der Waals surface area contributed by atoms with E-state index in [4.69, 9.17) is 19.9 Å².